The maximum absolute atomic E-state index is 14.1. The first-order valence-electron chi connectivity index (χ1n) is 9.23. The van der Waals surface area contributed by atoms with Gasteiger partial charge in [-0.1, -0.05) is 29.8 Å². The number of benzene rings is 2. The van der Waals surface area contributed by atoms with Crippen LogP contribution in [-0.4, -0.2) is 32.1 Å². The number of rotatable bonds is 5. The van der Waals surface area contributed by atoms with Crippen molar-refractivity contribution in [3.63, 3.8) is 0 Å². The Hall–Kier alpha value is -2.59. The Morgan fingerprint density at radius 3 is 2.52 bits per heavy atom. The molecule has 0 bridgehead atoms. The third kappa shape index (κ3) is 4.58. The van der Waals surface area contributed by atoms with E-state index in [9.17, 15) is 4.39 Å². The summed E-state index contributed by atoms with van der Waals surface area (Å²) in [4.78, 5) is 4.52. The van der Waals surface area contributed by atoms with Gasteiger partial charge in [0.2, 0.25) is 0 Å². The summed E-state index contributed by atoms with van der Waals surface area (Å²) < 4.78 is 19.2. The van der Waals surface area contributed by atoms with Crippen molar-refractivity contribution in [1.82, 2.24) is 4.90 Å². The van der Waals surface area contributed by atoms with Gasteiger partial charge in [-0.3, -0.25) is 0 Å². The molecule has 0 fully saturated rings. The van der Waals surface area contributed by atoms with Crippen molar-refractivity contribution in [2.75, 3.05) is 32.1 Å². The Bertz CT molecular complexity index is 855. The molecule has 2 aromatic carbocycles. The fraction of sp³-hybridized carbons (Fsp3) is 0.304. The summed E-state index contributed by atoms with van der Waals surface area (Å²) in [7, 11) is 3.61. The maximum atomic E-state index is 14.1. The molecule has 1 aliphatic rings. The van der Waals surface area contributed by atoms with Gasteiger partial charge in [0.05, 0.1) is 7.11 Å². The van der Waals surface area contributed by atoms with Gasteiger partial charge in [-0.25, -0.2) is 4.39 Å². The van der Waals surface area contributed by atoms with Crippen molar-refractivity contribution in [3.8, 4) is 5.75 Å². The van der Waals surface area contributed by atoms with Crippen LogP contribution < -0.4 is 9.64 Å². The molecule has 0 aliphatic carbocycles. The van der Waals surface area contributed by atoms with Crippen LogP contribution in [0.15, 0.2) is 60.4 Å². The molecule has 0 radical (unpaired) electrons. The normalized spacial score (nSPS) is 15.4. The fourth-order valence-electron chi connectivity index (χ4n) is 3.19. The number of likely N-dealkylation sites (N-methyl/N-ethyl adjacent to an activating group) is 1. The molecule has 0 saturated carbocycles. The average molecular weight is 366 g/mol. The molecule has 0 spiro atoms. The number of halogens is 1. The lowest BCUT2D eigenvalue weighted by Gasteiger charge is -2.30. The number of hydrogen-bond acceptors (Lipinski definition) is 3. The number of ether oxygens (including phenoxy) is 1. The zero-order valence-corrected chi connectivity index (χ0v) is 16.5. The Labute approximate surface area is 161 Å². The molecule has 142 valence electrons. The molecule has 3 nitrogen and oxygen atoms in total. The van der Waals surface area contributed by atoms with E-state index in [1.54, 1.807) is 6.07 Å². The van der Waals surface area contributed by atoms with E-state index in [0.717, 1.165) is 36.3 Å². The third-order valence-electron chi connectivity index (χ3n) is 4.94. The highest BCUT2D eigenvalue weighted by atomic mass is 19.1. The molecule has 1 heterocycles. The number of hydrogen-bond donors (Lipinski definition) is 0. The van der Waals surface area contributed by atoms with Gasteiger partial charge in [0, 0.05) is 37.1 Å². The van der Waals surface area contributed by atoms with Crippen molar-refractivity contribution in [3.05, 3.63) is 77.4 Å². The highest BCUT2D eigenvalue weighted by molar-refractivity contribution is 5.70. The van der Waals surface area contributed by atoms with Gasteiger partial charge in [-0.15, -0.1) is 0 Å². The van der Waals surface area contributed by atoms with Gasteiger partial charge in [0.15, 0.2) is 11.6 Å². The van der Waals surface area contributed by atoms with Gasteiger partial charge in [-0.2, -0.15) is 0 Å². The molecular weight excluding hydrogens is 339 g/mol. The fourth-order valence-corrected chi connectivity index (χ4v) is 3.19. The molecule has 0 N–H and O–H groups in total. The molecule has 0 aromatic heterocycles. The number of allylic oxidation sites excluding steroid dienone is 1. The first-order valence-corrected chi connectivity index (χ1v) is 9.23. The predicted molar refractivity (Wildman–Crippen MR) is 110 cm³/mol. The van der Waals surface area contributed by atoms with E-state index in [2.05, 4.69) is 60.3 Å². The first kappa shape index (κ1) is 19.2. The molecule has 0 unspecified atom stereocenters. The second-order valence-corrected chi connectivity index (χ2v) is 7.07. The third-order valence-corrected chi connectivity index (χ3v) is 4.94. The van der Waals surface area contributed by atoms with Crippen LogP contribution in [0.4, 0.5) is 10.1 Å². The summed E-state index contributed by atoms with van der Waals surface area (Å²) in [6.45, 7) is 6.06. The molecule has 0 saturated heterocycles. The summed E-state index contributed by atoms with van der Waals surface area (Å²) in [5.74, 6) is -0.0805. The Kier molecular flexibility index (Phi) is 5.97. The summed E-state index contributed by atoms with van der Waals surface area (Å²) >= 11 is 0. The van der Waals surface area contributed by atoms with Gasteiger partial charge in [0.25, 0.3) is 0 Å². The van der Waals surface area contributed by atoms with Gasteiger partial charge >= 0.3 is 0 Å². The molecule has 4 heteroatoms. The number of aryl methyl sites for hydroxylation is 1. The number of nitrogens with zero attached hydrogens (tertiary/aromatic N) is 2. The Balaban J connectivity index is 1.98. The van der Waals surface area contributed by atoms with Crippen LogP contribution in [0.25, 0.3) is 5.57 Å². The lowest BCUT2D eigenvalue weighted by Crippen LogP contribution is -2.29. The molecular formula is C23H27FN2O. The van der Waals surface area contributed by atoms with Crippen molar-refractivity contribution in [2.24, 2.45) is 0 Å². The van der Waals surface area contributed by atoms with Crippen molar-refractivity contribution in [2.45, 2.75) is 20.3 Å². The summed E-state index contributed by atoms with van der Waals surface area (Å²) in [5, 5.41) is 0. The van der Waals surface area contributed by atoms with Crippen LogP contribution in [0.5, 0.6) is 5.75 Å². The molecule has 0 amide bonds. The minimum atomic E-state index is -0.344. The highest BCUT2D eigenvalue weighted by Crippen LogP contribution is 2.28. The van der Waals surface area contributed by atoms with Gasteiger partial charge in [0.1, 0.15) is 0 Å². The lowest BCUT2D eigenvalue weighted by atomic mass is 10.1. The first-order chi connectivity index (χ1) is 13.0. The van der Waals surface area contributed by atoms with E-state index in [4.69, 9.17) is 4.74 Å². The van der Waals surface area contributed by atoms with Crippen LogP contribution in [0.1, 0.15) is 24.5 Å². The zero-order valence-electron chi connectivity index (χ0n) is 16.5. The molecule has 1 aliphatic heterocycles. The van der Waals surface area contributed by atoms with E-state index in [1.165, 1.54) is 24.4 Å². The predicted octanol–water partition coefficient (Wildman–Crippen LogP) is 5.23. The number of methoxy groups -OCH3 is 1. The van der Waals surface area contributed by atoms with E-state index >= 15 is 0 Å². The molecule has 3 rings (SSSR count). The topological polar surface area (TPSA) is 15.7 Å². The van der Waals surface area contributed by atoms with Crippen LogP contribution in [0, 0.1) is 12.7 Å². The van der Waals surface area contributed by atoms with Crippen molar-refractivity contribution in [1.29, 1.82) is 0 Å². The molecule has 27 heavy (non-hydrogen) atoms. The molecule has 2 aromatic rings. The SMILES string of the molecule is COc1ccc(C(C)=CN(C2=CCN(C)CC2)c2ccc(C)cc2)cc1F. The smallest absolute Gasteiger partial charge is 0.165 e. The van der Waals surface area contributed by atoms with Crippen molar-refractivity contribution < 1.29 is 9.13 Å². The van der Waals surface area contributed by atoms with Crippen molar-refractivity contribution >= 4 is 11.3 Å². The summed E-state index contributed by atoms with van der Waals surface area (Å²) in [5.41, 5.74) is 5.46. The Morgan fingerprint density at radius 1 is 1.19 bits per heavy atom. The van der Waals surface area contributed by atoms with E-state index in [1.807, 2.05) is 13.0 Å². The average Bonchev–Trinajstić information content (AvgIpc) is 2.67. The highest BCUT2D eigenvalue weighted by Gasteiger charge is 2.16. The monoisotopic (exact) mass is 366 g/mol. The van der Waals surface area contributed by atoms with Gasteiger partial charge in [-0.05, 0) is 56.3 Å². The summed E-state index contributed by atoms with van der Waals surface area (Å²) in [6, 6.07) is 13.6. The van der Waals surface area contributed by atoms with Gasteiger partial charge < -0.3 is 14.5 Å². The quantitative estimate of drug-likeness (QED) is 0.721. The Morgan fingerprint density at radius 2 is 1.93 bits per heavy atom. The number of anilines is 1. The van der Waals surface area contributed by atoms with Crippen LogP contribution in [0.3, 0.4) is 0 Å². The van der Waals surface area contributed by atoms with Crippen LogP contribution in [0.2, 0.25) is 0 Å². The maximum Gasteiger partial charge on any atom is 0.165 e. The van der Waals surface area contributed by atoms with E-state index < -0.39 is 0 Å². The molecule has 0 atom stereocenters. The van der Waals surface area contributed by atoms with E-state index in [-0.39, 0.29) is 11.6 Å². The summed E-state index contributed by atoms with van der Waals surface area (Å²) in [6.07, 6.45) is 5.34. The standard InChI is InChI=1S/C23H27FN2O/c1-17-5-8-20(9-6-17)26(21-11-13-25(3)14-12-21)16-18(2)19-7-10-23(27-4)22(24)15-19/h5-11,15-16H,12-14H2,1-4H3. The minimum absolute atomic E-state index is 0.264. The van der Waals surface area contributed by atoms with Crippen LogP contribution >= 0.6 is 0 Å². The second kappa shape index (κ2) is 8.40. The lowest BCUT2D eigenvalue weighted by molar-refractivity contribution is 0.358. The van der Waals surface area contributed by atoms with E-state index in [0.29, 0.717) is 0 Å². The minimum Gasteiger partial charge on any atom is -0.494 e. The van der Waals surface area contributed by atoms with Crippen LogP contribution in [-0.2, 0) is 0 Å². The largest absolute Gasteiger partial charge is 0.494 e. The second-order valence-electron chi connectivity index (χ2n) is 7.07. The zero-order chi connectivity index (χ0) is 19.4.